The monoisotopic (exact) mass is 392 g/mol. The van der Waals surface area contributed by atoms with Crippen LogP contribution in [0.3, 0.4) is 0 Å². The van der Waals surface area contributed by atoms with E-state index >= 15 is 0 Å². The van der Waals surface area contributed by atoms with Crippen molar-refractivity contribution in [2.45, 2.75) is 6.04 Å². The minimum absolute atomic E-state index is 0.112. The number of rotatable bonds is 7. The molecule has 1 fully saturated rings. The van der Waals surface area contributed by atoms with Crippen molar-refractivity contribution in [2.24, 2.45) is 0 Å². The van der Waals surface area contributed by atoms with Gasteiger partial charge in [-0.1, -0.05) is 29.8 Å². The summed E-state index contributed by atoms with van der Waals surface area (Å²) in [6.45, 7) is 2.96. The van der Waals surface area contributed by atoms with Gasteiger partial charge in [0.25, 0.3) is 5.91 Å². The summed E-state index contributed by atoms with van der Waals surface area (Å²) in [7, 11) is 0. The summed E-state index contributed by atoms with van der Waals surface area (Å²) < 4.78 is 24.5. The van der Waals surface area contributed by atoms with Gasteiger partial charge in [-0.05, 0) is 35.9 Å². The van der Waals surface area contributed by atoms with Crippen LogP contribution in [0.25, 0.3) is 0 Å². The molecule has 3 rings (SSSR count). The Morgan fingerprint density at radius 1 is 1.22 bits per heavy atom. The number of hydrogen-bond acceptors (Lipinski definition) is 4. The van der Waals surface area contributed by atoms with Gasteiger partial charge in [0.05, 0.1) is 19.3 Å². The van der Waals surface area contributed by atoms with E-state index in [-0.39, 0.29) is 24.4 Å². The molecule has 0 saturated carbocycles. The Labute approximate surface area is 163 Å². The number of carbonyl (C=O) groups excluding carboxylic acids is 1. The molecule has 0 spiro atoms. The summed E-state index contributed by atoms with van der Waals surface area (Å²) in [5.74, 6) is -0.00137. The quantitative estimate of drug-likeness (QED) is 0.786. The number of morpholine rings is 1. The Balaban J connectivity index is 1.59. The van der Waals surface area contributed by atoms with Crippen molar-refractivity contribution < 1.29 is 18.7 Å². The number of benzene rings is 2. The van der Waals surface area contributed by atoms with Gasteiger partial charge in [0.2, 0.25) is 0 Å². The molecular formula is C20H22ClFN2O3. The minimum Gasteiger partial charge on any atom is -0.484 e. The highest BCUT2D eigenvalue weighted by molar-refractivity contribution is 6.30. The zero-order valence-corrected chi connectivity index (χ0v) is 15.6. The van der Waals surface area contributed by atoms with Crippen molar-refractivity contribution >= 4 is 17.5 Å². The van der Waals surface area contributed by atoms with Crippen molar-refractivity contribution in [3.05, 3.63) is 64.9 Å². The molecule has 2 aromatic carbocycles. The van der Waals surface area contributed by atoms with E-state index in [2.05, 4.69) is 10.2 Å². The van der Waals surface area contributed by atoms with E-state index in [1.54, 1.807) is 30.3 Å². The number of nitrogens with one attached hydrogen (secondary N) is 1. The first-order valence-corrected chi connectivity index (χ1v) is 9.22. The molecule has 144 valence electrons. The molecule has 0 aliphatic carbocycles. The molecule has 1 atom stereocenters. The van der Waals surface area contributed by atoms with E-state index in [0.717, 1.165) is 18.7 Å². The molecule has 1 aliphatic heterocycles. The second kappa shape index (κ2) is 9.69. The molecule has 1 amide bonds. The topological polar surface area (TPSA) is 50.8 Å². The maximum Gasteiger partial charge on any atom is 0.258 e. The Bertz CT molecular complexity index is 768. The molecule has 2 aromatic rings. The fraction of sp³-hybridized carbons (Fsp3) is 0.350. The fourth-order valence-electron chi connectivity index (χ4n) is 3.03. The zero-order chi connectivity index (χ0) is 19.1. The van der Waals surface area contributed by atoms with Crippen LogP contribution in [0.2, 0.25) is 5.02 Å². The Kier molecular flexibility index (Phi) is 7.04. The average Bonchev–Trinajstić information content (AvgIpc) is 2.67. The first-order chi connectivity index (χ1) is 13.1. The van der Waals surface area contributed by atoms with Crippen LogP contribution in [0.5, 0.6) is 5.75 Å². The van der Waals surface area contributed by atoms with E-state index in [9.17, 15) is 9.18 Å². The van der Waals surface area contributed by atoms with Gasteiger partial charge in [0.15, 0.2) is 6.61 Å². The highest BCUT2D eigenvalue weighted by Gasteiger charge is 2.23. The van der Waals surface area contributed by atoms with Gasteiger partial charge in [-0.2, -0.15) is 0 Å². The second-order valence-corrected chi connectivity index (χ2v) is 6.71. The number of halogens is 2. The third-order valence-corrected chi connectivity index (χ3v) is 4.61. The summed E-state index contributed by atoms with van der Waals surface area (Å²) in [4.78, 5) is 14.4. The summed E-state index contributed by atoms with van der Waals surface area (Å²) in [6.07, 6.45) is 0. The zero-order valence-electron chi connectivity index (χ0n) is 14.9. The Morgan fingerprint density at radius 3 is 2.74 bits per heavy atom. The van der Waals surface area contributed by atoms with Gasteiger partial charge in [0, 0.05) is 24.7 Å². The fourth-order valence-corrected chi connectivity index (χ4v) is 3.21. The summed E-state index contributed by atoms with van der Waals surface area (Å²) in [5, 5.41) is 3.43. The standard InChI is InChI=1S/C20H22ClFN2O3/c21-16-4-2-6-18(12-16)27-14-20(25)23-13-19(24-7-9-26-10-8-24)15-3-1-5-17(22)11-15/h1-6,11-12,19H,7-10,13-14H2,(H,23,25). The molecule has 0 bridgehead atoms. The molecule has 1 N–H and O–H groups in total. The van der Waals surface area contributed by atoms with Gasteiger partial charge in [0.1, 0.15) is 11.6 Å². The van der Waals surface area contributed by atoms with Gasteiger partial charge in [-0.25, -0.2) is 4.39 Å². The van der Waals surface area contributed by atoms with Crippen LogP contribution >= 0.6 is 11.6 Å². The van der Waals surface area contributed by atoms with Crippen molar-refractivity contribution in [1.82, 2.24) is 10.2 Å². The Morgan fingerprint density at radius 2 is 2.00 bits per heavy atom. The third-order valence-electron chi connectivity index (χ3n) is 4.38. The van der Waals surface area contributed by atoms with Crippen LogP contribution in [0.4, 0.5) is 4.39 Å². The largest absolute Gasteiger partial charge is 0.484 e. The number of nitrogens with zero attached hydrogens (tertiary/aromatic N) is 1. The first kappa shape index (κ1) is 19.6. The lowest BCUT2D eigenvalue weighted by Gasteiger charge is -2.35. The first-order valence-electron chi connectivity index (χ1n) is 8.84. The molecule has 1 heterocycles. The van der Waals surface area contributed by atoms with Crippen LogP contribution in [0.15, 0.2) is 48.5 Å². The van der Waals surface area contributed by atoms with E-state index in [1.165, 1.54) is 12.1 Å². The summed E-state index contributed by atoms with van der Waals surface area (Å²) in [6, 6.07) is 13.2. The van der Waals surface area contributed by atoms with Crippen LogP contribution in [-0.4, -0.2) is 50.3 Å². The smallest absolute Gasteiger partial charge is 0.258 e. The minimum atomic E-state index is -0.290. The van der Waals surface area contributed by atoms with Gasteiger partial charge in [-0.15, -0.1) is 0 Å². The van der Waals surface area contributed by atoms with Crippen molar-refractivity contribution in [2.75, 3.05) is 39.5 Å². The highest BCUT2D eigenvalue weighted by atomic mass is 35.5. The van der Waals surface area contributed by atoms with E-state index < -0.39 is 0 Å². The highest BCUT2D eigenvalue weighted by Crippen LogP contribution is 2.22. The van der Waals surface area contributed by atoms with Crippen LogP contribution in [0, 0.1) is 5.82 Å². The maximum atomic E-state index is 13.7. The van der Waals surface area contributed by atoms with Gasteiger partial charge in [-0.3, -0.25) is 9.69 Å². The molecule has 0 radical (unpaired) electrons. The summed E-state index contributed by atoms with van der Waals surface area (Å²) in [5.41, 5.74) is 0.827. The average molecular weight is 393 g/mol. The summed E-state index contributed by atoms with van der Waals surface area (Å²) >= 11 is 5.90. The molecule has 5 nitrogen and oxygen atoms in total. The molecule has 1 saturated heterocycles. The molecule has 7 heteroatoms. The molecule has 1 unspecified atom stereocenters. The Hall–Kier alpha value is -2.15. The third kappa shape index (κ3) is 5.92. The van der Waals surface area contributed by atoms with Crippen LogP contribution < -0.4 is 10.1 Å². The van der Waals surface area contributed by atoms with Crippen LogP contribution in [0.1, 0.15) is 11.6 Å². The molecular weight excluding hydrogens is 371 g/mol. The number of carbonyl (C=O) groups is 1. The number of amides is 1. The lowest BCUT2D eigenvalue weighted by molar-refractivity contribution is -0.123. The van der Waals surface area contributed by atoms with E-state index in [1.807, 2.05) is 6.07 Å². The lowest BCUT2D eigenvalue weighted by Crippen LogP contribution is -2.44. The van der Waals surface area contributed by atoms with Crippen molar-refractivity contribution in [3.8, 4) is 5.75 Å². The van der Waals surface area contributed by atoms with Crippen molar-refractivity contribution in [3.63, 3.8) is 0 Å². The number of hydrogen-bond donors (Lipinski definition) is 1. The molecule has 0 aromatic heterocycles. The van der Waals surface area contributed by atoms with Crippen LogP contribution in [-0.2, 0) is 9.53 Å². The van der Waals surface area contributed by atoms with Crippen molar-refractivity contribution in [1.29, 1.82) is 0 Å². The lowest BCUT2D eigenvalue weighted by atomic mass is 10.0. The van der Waals surface area contributed by atoms with Gasteiger partial charge >= 0.3 is 0 Å². The molecule has 27 heavy (non-hydrogen) atoms. The van der Waals surface area contributed by atoms with E-state index in [4.69, 9.17) is 21.1 Å². The number of ether oxygens (including phenoxy) is 2. The van der Waals surface area contributed by atoms with Gasteiger partial charge < -0.3 is 14.8 Å². The van der Waals surface area contributed by atoms with E-state index in [0.29, 0.717) is 30.5 Å². The normalized spacial score (nSPS) is 15.9. The second-order valence-electron chi connectivity index (χ2n) is 6.27. The predicted molar refractivity (Wildman–Crippen MR) is 101 cm³/mol. The SMILES string of the molecule is O=C(COc1cccc(Cl)c1)NCC(c1cccc(F)c1)N1CCOCC1. The predicted octanol–water partition coefficient (Wildman–Crippen LogP) is 3.05. The maximum absolute atomic E-state index is 13.7. The molecule has 1 aliphatic rings.